The van der Waals surface area contributed by atoms with Crippen molar-refractivity contribution in [2.24, 2.45) is 0 Å². The molecule has 0 aromatic heterocycles. The van der Waals surface area contributed by atoms with Crippen molar-refractivity contribution in [2.45, 2.75) is 33.4 Å². The van der Waals surface area contributed by atoms with Crippen LogP contribution in [0.5, 0.6) is 5.75 Å². The van der Waals surface area contributed by atoms with E-state index in [0.717, 1.165) is 18.7 Å². The monoisotopic (exact) mass is 566 g/mol. The maximum Gasteiger partial charge on any atom is 0.295 e. The number of ether oxygens (including phenoxy) is 1. The Kier molecular flexibility index (Phi) is 9.33. The van der Waals surface area contributed by atoms with E-state index in [1.165, 1.54) is 4.90 Å². The van der Waals surface area contributed by atoms with Gasteiger partial charge >= 0.3 is 0 Å². The van der Waals surface area contributed by atoms with Crippen molar-refractivity contribution in [3.63, 3.8) is 0 Å². The van der Waals surface area contributed by atoms with Gasteiger partial charge in [-0.3, -0.25) is 9.59 Å². The minimum absolute atomic E-state index is 0.0268. The molecule has 0 bridgehead atoms. The van der Waals surface area contributed by atoms with Crippen molar-refractivity contribution < 1.29 is 19.4 Å². The van der Waals surface area contributed by atoms with Gasteiger partial charge in [-0.1, -0.05) is 73.4 Å². The first-order valence-electron chi connectivity index (χ1n) is 13.0. The van der Waals surface area contributed by atoms with Crippen molar-refractivity contribution in [3.05, 3.63) is 105 Å². The summed E-state index contributed by atoms with van der Waals surface area (Å²) in [5, 5.41) is 12.2. The summed E-state index contributed by atoms with van der Waals surface area (Å²) in [5.74, 6) is -0.984. The fraction of sp³-hybridized carbons (Fsp3) is 0.290. The summed E-state index contributed by atoms with van der Waals surface area (Å²) in [7, 11) is 0. The molecule has 1 aliphatic rings. The largest absolute Gasteiger partial charge is 0.507 e. The SMILES string of the molecule is CCN(CC)CCN1C(=O)C(=O)C(=C(O)c2ccc(OCc3ccccc3)cc2C)C1c1ccc(Cl)c(Cl)c1. The summed E-state index contributed by atoms with van der Waals surface area (Å²) in [6, 6.07) is 19.3. The number of hydrogen-bond donors (Lipinski definition) is 1. The number of aliphatic hydroxyl groups is 1. The van der Waals surface area contributed by atoms with E-state index in [2.05, 4.69) is 4.90 Å². The Bertz CT molecular complexity index is 1390. The number of carbonyl (C=O) groups excluding carboxylic acids is 2. The van der Waals surface area contributed by atoms with Crippen LogP contribution >= 0.6 is 23.2 Å². The lowest BCUT2D eigenvalue weighted by molar-refractivity contribution is -0.140. The predicted octanol–water partition coefficient (Wildman–Crippen LogP) is 6.64. The molecule has 3 aromatic rings. The number of aryl methyl sites for hydroxylation is 1. The third-order valence-corrected chi connectivity index (χ3v) is 7.79. The number of likely N-dealkylation sites (tertiary alicyclic amines) is 1. The highest BCUT2D eigenvalue weighted by Crippen LogP contribution is 2.41. The molecule has 3 aromatic carbocycles. The van der Waals surface area contributed by atoms with Gasteiger partial charge in [-0.2, -0.15) is 0 Å². The number of amides is 1. The average molecular weight is 568 g/mol. The molecule has 1 fully saturated rings. The molecule has 39 heavy (non-hydrogen) atoms. The van der Waals surface area contributed by atoms with Gasteiger partial charge in [0.1, 0.15) is 18.1 Å². The van der Waals surface area contributed by atoms with Crippen molar-refractivity contribution in [3.8, 4) is 5.75 Å². The van der Waals surface area contributed by atoms with E-state index in [1.54, 1.807) is 30.3 Å². The van der Waals surface area contributed by atoms with Crippen molar-refractivity contribution in [2.75, 3.05) is 26.2 Å². The summed E-state index contributed by atoms with van der Waals surface area (Å²) in [6.45, 7) is 8.86. The van der Waals surface area contributed by atoms with E-state index in [0.29, 0.717) is 52.2 Å². The second-order valence-electron chi connectivity index (χ2n) is 9.44. The minimum Gasteiger partial charge on any atom is -0.507 e. The number of hydrogen-bond acceptors (Lipinski definition) is 5. The van der Waals surface area contributed by atoms with Crippen LogP contribution in [0.1, 0.15) is 42.1 Å². The minimum atomic E-state index is -0.802. The van der Waals surface area contributed by atoms with Crippen molar-refractivity contribution in [1.29, 1.82) is 0 Å². The Labute approximate surface area is 239 Å². The summed E-state index contributed by atoms with van der Waals surface area (Å²) in [6.07, 6.45) is 0. The first-order valence-corrected chi connectivity index (χ1v) is 13.7. The molecule has 0 radical (unpaired) electrons. The molecule has 1 aliphatic heterocycles. The van der Waals surface area contributed by atoms with Crippen LogP contribution < -0.4 is 4.74 Å². The number of ketones is 1. The van der Waals surface area contributed by atoms with Gasteiger partial charge < -0.3 is 19.6 Å². The van der Waals surface area contributed by atoms with E-state index in [4.69, 9.17) is 27.9 Å². The van der Waals surface area contributed by atoms with Gasteiger partial charge in [0.25, 0.3) is 11.7 Å². The molecule has 1 N–H and O–H groups in total. The second-order valence-corrected chi connectivity index (χ2v) is 10.3. The Morgan fingerprint density at radius 1 is 0.974 bits per heavy atom. The summed E-state index contributed by atoms with van der Waals surface area (Å²) < 4.78 is 5.92. The van der Waals surface area contributed by atoms with Crippen LogP contribution in [-0.4, -0.2) is 52.8 Å². The van der Waals surface area contributed by atoms with E-state index in [-0.39, 0.29) is 11.3 Å². The molecule has 1 saturated heterocycles. The first kappa shape index (κ1) is 28.7. The van der Waals surface area contributed by atoms with Gasteiger partial charge in [-0.15, -0.1) is 0 Å². The van der Waals surface area contributed by atoms with Gasteiger partial charge in [-0.25, -0.2) is 0 Å². The highest BCUT2D eigenvalue weighted by molar-refractivity contribution is 6.47. The molecule has 0 spiro atoms. The van der Waals surface area contributed by atoms with Crippen LogP contribution in [0.4, 0.5) is 0 Å². The van der Waals surface area contributed by atoms with Crippen molar-refractivity contribution in [1.82, 2.24) is 9.80 Å². The zero-order chi connectivity index (χ0) is 28.1. The summed E-state index contributed by atoms with van der Waals surface area (Å²) >= 11 is 12.5. The van der Waals surface area contributed by atoms with Crippen LogP contribution in [0.15, 0.2) is 72.3 Å². The van der Waals surface area contributed by atoms with E-state index >= 15 is 0 Å². The normalized spacial score (nSPS) is 16.8. The Balaban J connectivity index is 1.71. The Morgan fingerprint density at radius 2 is 1.69 bits per heavy atom. The number of carbonyl (C=O) groups is 2. The molecule has 0 aliphatic carbocycles. The van der Waals surface area contributed by atoms with E-state index < -0.39 is 17.7 Å². The second kappa shape index (κ2) is 12.7. The van der Waals surface area contributed by atoms with Crippen LogP contribution in [0, 0.1) is 6.92 Å². The molecule has 8 heteroatoms. The number of likely N-dealkylation sites (N-methyl/N-ethyl adjacent to an activating group) is 1. The number of aliphatic hydroxyl groups excluding tert-OH is 1. The number of nitrogens with zero attached hydrogens (tertiary/aromatic N) is 2. The van der Waals surface area contributed by atoms with Crippen LogP contribution in [0.3, 0.4) is 0 Å². The van der Waals surface area contributed by atoms with Crippen LogP contribution in [-0.2, 0) is 16.2 Å². The zero-order valence-electron chi connectivity index (χ0n) is 22.3. The third-order valence-electron chi connectivity index (χ3n) is 7.05. The summed E-state index contributed by atoms with van der Waals surface area (Å²) in [4.78, 5) is 30.3. The third kappa shape index (κ3) is 6.30. The molecule has 4 rings (SSSR count). The molecular weight excluding hydrogens is 535 g/mol. The van der Waals surface area contributed by atoms with Gasteiger partial charge in [0.05, 0.1) is 21.7 Å². The molecule has 0 saturated carbocycles. The lowest BCUT2D eigenvalue weighted by Gasteiger charge is -2.28. The number of halogens is 2. The zero-order valence-corrected chi connectivity index (χ0v) is 23.8. The van der Waals surface area contributed by atoms with Crippen LogP contribution in [0.25, 0.3) is 5.76 Å². The highest BCUT2D eigenvalue weighted by atomic mass is 35.5. The topological polar surface area (TPSA) is 70.1 Å². The maximum absolute atomic E-state index is 13.4. The Hall–Kier alpha value is -3.32. The van der Waals surface area contributed by atoms with Gasteiger partial charge in [0.15, 0.2) is 0 Å². The fourth-order valence-electron chi connectivity index (χ4n) is 4.81. The quantitative estimate of drug-likeness (QED) is 0.169. The van der Waals surface area contributed by atoms with Gasteiger partial charge in [0, 0.05) is 18.7 Å². The molecule has 1 atom stereocenters. The van der Waals surface area contributed by atoms with E-state index in [9.17, 15) is 14.7 Å². The smallest absolute Gasteiger partial charge is 0.295 e. The van der Waals surface area contributed by atoms with E-state index in [1.807, 2.05) is 57.2 Å². The molecule has 1 amide bonds. The lowest BCUT2D eigenvalue weighted by Crippen LogP contribution is -2.38. The van der Waals surface area contributed by atoms with Crippen LogP contribution in [0.2, 0.25) is 10.0 Å². The number of rotatable bonds is 10. The average Bonchev–Trinajstić information content (AvgIpc) is 3.19. The lowest BCUT2D eigenvalue weighted by atomic mass is 9.94. The van der Waals surface area contributed by atoms with Crippen molar-refractivity contribution >= 4 is 40.7 Å². The standard InChI is InChI=1S/C31H32Cl2N2O4/c1-4-34(5-2)15-16-35-28(22-11-14-25(32)26(33)18-22)27(30(37)31(35)38)29(36)24-13-12-23(17-20(24)3)39-19-21-9-7-6-8-10-21/h6-14,17-18,28,36H,4-5,15-16,19H2,1-3H3. The fourth-order valence-corrected chi connectivity index (χ4v) is 5.11. The molecule has 1 unspecified atom stereocenters. The number of benzene rings is 3. The Morgan fingerprint density at radius 3 is 2.33 bits per heavy atom. The molecule has 1 heterocycles. The molecule has 204 valence electrons. The number of Topliss-reactive ketones (excluding diaryl/α,β-unsaturated/α-hetero) is 1. The van der Waals surface area contributed by atoms with Gasteiger partial charge in [-0.05, 0) is 67.0 Å². The van der Waals surface area contributed by atoms with Gasteiger partial charge in [0.2, 0.25) is 0 Å². The molecular formula is C31H32Cl2N2O4. The maximum atomic E-state index is 13.4. The molecule has 6 nitrogen and oxygen atoms in total. The first-order chi connectivity index (χ1) is 18.7. The highest BCUT2D eigenvalue weighted by Gasteiger charge is 2.46. The summed E-state index contributed by atoms with van der Waals surface area (Å²) in [5.41, 5.74) is 2.83. The predicted molar refractivity (Wildman–Crippen MR) is 155 cm³/mol.